The van der Waals surface area contributed by atoms with Crippen molar-refractivity contribution in [2.24, 2.45) is 0 Å². The lowest BCUT2D eigenvalue weighted by molar-refractivity contribution is 0.226. The zero-order valence-electron chi connectivity index (χ0n) is 15.4. The van der Waals surface area contributed by atoms with E-state index >= 15 is 0 Å². The van der Waals surface area contributed by atoms with Gasteiger partial charge in [-0.15, -0.1) is 46.4 Å². The molecule has 0 saturated carbocycles. The Morgan fingerprint density at radius 1 is 0.759 bits per heavy atom. The first-order valence-corrected chi connectivity index (χ1v) is 17.7. The Hall–Kier alpha value is 1.86. The molecule has 0 fully saturated rings. The zero-order chi connectivity index (χ0) is 22.6. The van der Waals surface area contributed by atoms with Crippen molar-refractivity contribution in [1.82, 2.24) is 9.34 Å². The van der Waals surface area contributed by atoms with Gasteiger partial charge in [-0.1, -0.05) is 0 Å². The van der Waals surface area contributed by atoms with Crippen LogP contribution in [0.25, 0.3) is 0 Å². The van der Waals surface area contributed by atoms with Crippen LogP contribution >= 0.6 is 75.3 Å². The average molecular weight is 672 g/mol. The largest absolute Gasteiger partial charge is 0.346 e. The summed E-state index contributed by atoms with van der Waals surface area (Å²) >= 11 is 24.3. The van der Waals surface area contributed by atoms with Crippen molar-refractivity contribution in [2.45, 2.75) is 0 Å². The van der Waals surface area contributed by atoms with E-state index in [1.807, 2.05) is 0 Å². The van der Waals surface area contributed by atoms with Crippen LogP contribution in [0.4, 0.5) is 0 Å². The van der Waals surface area contributed by atoms with Gasteiger partial charge >= 0.3 is 15.0 Å². The third kappa shape index (κ3) is 13.2. The molecule has 0 aliphatic rings. The van der Waals surface area contributed by atoms with Crippen LogP contribution in [-0.4, -0.2) is 101 Å². The summed E-state index contributed by atoms with van der Waals surface area (Å²) in [5.74, 6) is -0.392. The number of alkyl halides is 4. The quantitative estimate of drug-likeness (QED) is 0.0941. The van der Waals surface area contributed by atoms with Crippen molar-refractivity contribution in [2.75, 3.05) is 74.4 Å². The molecule has 0 N–H and O–H groups in total. The summed E-state index contributed by atoms with van der Waals surface area (Å²) in [6.07, 6.45) is 0. The predicted octanol–water partition coefficient (Wildman–Crippen LogP) is 2.78. The standard InChI is InChI=1S/C12H24Cl4IN2O7PS2/c13-1-5-18(6-2-14)27(20,19(7-3-15)8-4-16)25-9-11-28(21,22)12-10-26-29(17,23)24/h1-12H2. The highest BCUT2D eigenvalue weighted by Gasteiger charge is 2.38. The Morgan fingerprint density at radius 3 is 1.48 bits per heavy atom. The molecule has 9 nitrogen and oxygen atoms in total. The zero-order valence-corrected chi connectivity index (χ0v) is 23.1. The third-order valence-corrected chi connectivity index (χ3v) is 9.57. The van der Waals surface area contributed by atoms with Gasteiger partial charge in [-0.3, -0.25) is 8.75 Å². The fourth-order valence-corrected chi connectivity index (χ4v) is 7.75. The van der Waals surface area contributed by atoms with Crippen LogP contribution in [-0.2, 0) is 30.4 Å². The number of rotatable bonds is 18. The van der Waals surface area contributed by atoms with E-state index in [2.05, 4.69) is 4.18 Å². The Labute approximate surface area is 204 Å². The molecule has 17 heteroatoms. The normalized spacial score (nSPS) is 13.5. The lowest BCUT2D eigenvalue weighted by atomic mass is 10.6. The van der Waals surface area contributed by atoms with E-state index in [9.17, 15) is 21.4 Å². The number of sulfone groups is 1. The number of nitrogens with zero attached hydrogens (tertiary/aromatic N) is 2. The van der Waals surface area contributed by atoms with Crippen LogP contribution in [0.2, 0.25) is 0 Å². The van der Waals surface area contributed by atoms with E-state index in [1.54, 1.807) is 0 Å². The Kier molecular flexibility index (Phi) is 16.7. The van der Waals surface area contributed by atoms with Gasteiger partial charge in [0.25, 0.3) is 0 Å². The van der Waals surface area contributed by atoms with Crippen molar-refractivity contribution in [3.63, 3.8) is 0 Å². The molecule has 0 aromatic carbocycles. The highest BCUT2D eigenvalue weighted by Crippen LogP contribution is 2.54. The first-order valence-electron chi connectivity index (χ1n) is 8.24. The molecule has 0 radical (unpaired) electrons. The second kappa shape index (κ2) is 15.7. The van der Waals surface area contributed by atoms with Gasteiger partial charge in [0.1, 0.15) is 21.2 Å². The molecule has 0 spiro atoms. The molecule has 176 valence electrons. The van der Waals surface area contributed by atoms with Crippen LogP contribution < -0.4 is 0 Å². The number of halogens is 5. The smallest absolute Gasteiger partial charge is 0.305 e. The predicted molar refractivity (Wildman–Crippen MR) is 127 cm³/mol. The van der Waals surface area contributed by atoms with Crippen molar-refractivity contribution in [3.8, 4) is 0 Å². The summed E-state index contributed by atoms with van der Waals surface area (Å²) in [6.45, 7) is -0.123. The SMILES string of the molecule is O=P(OCCS(=O)(=O)CCOS(=O)(=O)I)(N(CCCl)CCCl)N(CCCl)CCCl. The van der Waals surface area contributed by atoms with Gasteiger partial charge in [-0.05, 0) is 0 Å². The maximum atomic E-state index is 13.7. The molecule has 0 atom stereocenters. The second-order valence-corrected chi connectivity index (χ2v) is 15.8. The van der Waals surface area contributed by atoms with Gasteiger partial charge in [-0.25, -0.2) is 17.8 Å². The van der Waals surface area contributed by atoms with E-state index in [-0.39, 0.29) is 49.7 Å². The Bertz CT molecular complexity index is 685. The van der Waals surface area contributed by atoms with E-state index < -0.39 is 49.5 Å². The lowest BCUT2D eigenvalue weighted by Crippen LogP contribution is -2.38. The van der Waals surface area contributed by atoms with Crippen molar-refractivity contribution in [1.29, 1.82) is 0 Å². The summed E-state index contributed by atoms with van der Waals surface area (Å²) < 4.78 is 72.6. The Morgan fingerprint density at radius 2 is 1.14 bits per heavy atom. The molecule has 0 heterocycles. The minimum atomic E-state index is -3.77. The molecule has 0 aromatic rings. The topological polar surface area (TPSA) is 110 Å². The maximum absolute atomic E-state index is 13.7. The minimum Gasteiger partial charge on any atom is -0.305 e. The van der Waals surface area contributed by atoms with Crippen molar-refractivity contribution >= 4 is 92.4 Å². The first kappa shape index (κ1) is 30.9. The van der Waals surface area contributed by atoms with Crippen LogP contribution in [0, 0.1) is 0 Å². The summed E-state index contributed by atoms with van der Waals surface area (Å²) in [5, 5.41) is 0. The summed E-state index contributed by atoms with van der Waals surface area (Å²) in [5.41, 5.74) is 0. The number of hydrogen-bond donors (Lipinski definition) is 0. The molecule has 0 aliphatic carbocycles. The molecular formula is C12H24Cl4IN2O7PS2. The molecule has 0 amide bonds. The fraction of sp³-hybridized carbons (Fsp3) is 1.00. The molecule has 0 aromatic heterocycles. The van der Waals surface area contributed by atoms with Gasteiger partial charge in [0.15, 0.2) is 9.84 Å². The van der Waals surface area contributed by atoms with Gasteiger partial charge in [-0.2, -0.15) is 8.42 Å². The number of hydrogen-bond acceptors (Lipinski definition) is 7. The summed E-state index contributed by atoms with van der Waals surface area (Å²) in [4.78, 5) is 0. The Balaban J connectivity index is 5.27. The van der Waals surface area contributed by atoms with Gasteiger partial charge in [0, 0.05) is 49.7 Å². The van der Waals surface area contributed by atoms with Gasteiger partial charge < -0.3 is 4.52 Å². The molecule has 0 bridgehead atoms. The summed E-state index contributed by atoms with van der Waals surface area (Å²) in [6, 6.07) is 0. The molecule has 0 aliphatic heterocycles. The summed E-state index contributed by atoms with van der Waals surface area (Å²) in [7, 11) is -11.2. The highest BCUT2D eigenvalue weighted by atomic mass is 127. The minimum absolute atomic E-state index is 0.153. The van der Waals surface area contributed by atoms with E-state index in [4.69, 9.17) is 50.9 Å². The molecule has 0 rings (SSSR count). The van der Waals surface area contributed by atoms with E-state index in [1.165, 1.54) is 9.34 Å². The first-order chi connectivity index (χ1) is 13.5. The highest BCUT2D eigenvalue weighted by molar-refractivity contribution is 14.2. The lowest BCUT2D eigenvalue weighted by Gasteiger charge is -2.37. The van der Waals surface area contributed by atoms with Crippen molar-refractivity contribution < 1.29 is 30.1 Å². The van der Waals surface area contributed by atoms with E-state index in [0.717, 1.165) is 21.2 Å². The van der Waals surface area contributed by atoms with Gasteiger partial charge in [0.05, 0.1) is 24.7 Å². The molecule has 0 saturated heterocycles. The molecule has 0 unspecified atom stereocenters. The average Bonchev–Trinajstić information content (AvgIpc) is 2.59. The third-order valence-electron chi connectivity index (χ3n) is 3.36. The maximum Gasteiger partial charge on any atom is 0.346 e. The van der Waals surface area contributed by atoms with E-state index in [0.29, 0.717) is 0 Å². The monoisotopic (exact) mass is 670 g/mol. The molecular weight excluding hydrogens is 648 g/mol. The van der Waals surface area contributed by atoms with Crippen LogP contribution in [0.1, 0.15) is 0 Å². The molecule has 29 heavy (non-hydrogen) atoms. The van der Waals surface area contributed by atoms with Crippen LogP contribution in [0.3, 0.4) is 0 Å². The van der Waals surface area contributed by atoms with Crippen LogP contribution in [0.15, 0.2) is 0 Å². The van der Waals surface area contributed by atoms with Crippen LogP contribution in [0.5, 0.6) is 0 Å². The van der Waals surface area contributed by atoms with Crippen molar-refractivity contribution in [3.05, 3.63) is 0 Å². The van der Waals surface area contributed by atoms with Gasteiger partial charge in [0.2, 0.25) is 0 Å². The second-order valence-electron chi connectivity index (χ2n) is 5.35. The fourth-order valence-electron chi connectivity index (χ4n) is 2.11.